The van der Waals surface area contributed by atoms with E-state index in [-0.39, 0.29) is 12.1 Å². The molecule has 2 aromatic rings. The van der Waals surface area contributed by atoms with Gasteiger partial charge in [0.25, 0.3) is 0 Å². The second-order valence-corrected chi connectivity index (χ2v) is 5.61. The molecule has 0 fully saturated rings. The second-order valence-electron chi connectivity index (χ2n) is 5.61. The van der Waals surface area contributed by atoms with E-state index in [0.29, 0.717) is 11.1 Å². The van der Waals surface area contributed by atoms with Gasteiger partial charge in [-0.3, -0.25) is 0 Å². The van der Waals surface area contributed by atoms with Crippen molar-refractivity contribution in [3.8, 4) is 0 Å². The Morgan fingerprint density at radius 1 is 1.17 bits per heavy atom. The van der Waals surface area contributed by atoms with Gasteiger partial charge in [-0.15, -0.1) is 0 Å². The Kier molecular flexibility index (Phi) is 5.62. The van der Waals surface area contributed by atoms with Crippen LogP contribution >= 0.6 is 0 Å². The van der Waals surface area contributed by atoms with Gasteiger partial charge in [-0.1, -0.05) is 36.4 Å². The van der Waals surface area contributed by atoms with Crippen LogP contribution in [0.3, 0.4) is 0 Å². The minimum Gasteiger partial charge on any atom is -0.478 e. The van der Waals surface area contributed by atoms with E-state index < -0.39 is 24.6 Å². The van der Waals surface area contributed by atoms with Crippen LogP contribution in [0.2, 0.25) is 0 Å². The number of carboxylic acids is 1. The van der Waals surface area contributed by atoms with Crippen LogP contribution in [0.15, 0.2) is 48.5 Å². The molecule has 0 bridgehead atoms. The Labute approximate surface area is 138 Å². The molecule has 2 aromatic carbocycles. The van der Waals surface area contributed by atoms with E-state index in [4.69, 9.17) is 5.11 Å². The predicted molar refractivity (Wildman–Crippen MR) is 84.8 cm³/mol. The minimum absolute atomic E-state index is 0.109. The molecule has 6 heteroatoms. The lowest BCUT2D eigenvalue weighted by Crippen LogP contribution is -2.27. The molecule has 0 aliphatic heterocycles. The Morgan fingerprint density at radius 2 is 1.88 bits per heavy atom. The van der Waals surface area contributed by atoms with Gasteiger partial charge in [0.15, 0.2) is 0 Å². The first-order valence-corrected chi connectivity index (χ1v) is 7.44. The number of carboxylic acid groups (broad SMARTS) is 1. The van der Waals surface area contributed by atoms with Gasteiger partial charge in [-0.05, 0) is 35.7 Å². The van der Waals surface area contributed by atoms with Crippen LogP contribution in [0.4, 0.5) is 13.2 Å². The lowest BCUT2D eigenvalue weighted by atomic mass is 9.98. The van der Waals surface area contributed by atoms with E-state index in [2.05, 4.69) is 5.32 Å². The number of aryl methyl sites for hydroxylation is 1. The Balaban J connectivity index is 2.18. The molecule has 0 aromatic heterocycles. The molecule has 0 aliphatic rings. The van der Waals surface area contributed by atoms with Crippen LogP contribution < -0.4 is 5.32 Å². The highest BCUT2D eigenvalue weighted by atomic mass is 19.4. The molecule has 1 atom stereocenters. The number of carbonyl (C=O) groups is 1. The van der Waals surface area contributed by atoms with Crippen molar-refractivity contribution in [1.82, 2.24) is 5.32 Å². The monoisotopic (exact) mass is 337 g/mol. The first kappa shape index (κ1) is 18.0. The fourth-order valence-electron chi connectivity index (χ4n) is 2.56. The summed E-state index contributed by atoms with van der Waals surface area (Å²) in [6, 6.07) is 12.2. The summed E-state index contributed by atoms with van der Waals surface area (Å²) in [4.78, 5) is 11.0. The van der Waals surface area contributed by atoms with Gasteiger partial charge in [0.05, 0.1) is 12.0 Å². The Morgan fingerprint density at radius 3 is 2.50 bits per heavy atom. The zero-order valence-electron chi connectivity index (χ0n) is 13.1. The van der Waals surface area contributed by atoms with Crippen molar-refractivity contribution in [3.63, 3.8) is 0 Å². The van der Waals surface area contributed by atoms with Gasteiger partial charge in [-0.25, -0.2) is 4.79 Å². The molecule has 0 heterocycles. The van der Waals surface area contributed by atoms with Crippen molar-refractivity contribution in [2.75, 3.05) is 0 Å². The number of benzene rings is 2. The molecule has 0 amide bonds. The highest BCUT2D eigenvalue weighted by Gasteiger charge is 2.32. The molecule has 0 aliphatic carbocycles. The summed E-state index contributed by atoms with van der Waals surface area (Å²) in [5.41, 5.74) is 2.09. The molecule has 128 valence electrons. The second kappa shape index (κ2) is 7.49. The molecule has 0 radical (unpaired) electrons. The molecule has 0 saturated heterocycles. The van der Waals surface area contributed by atoms with Gasteiger partial charge in [0, 0.05) is 12.6 Å². The van der Waals surface area contributed by atoms with E-state index in [1.165, 1.54) is 12.1 Å². The van der Waals surface area contributed by atoms with Gasteiger partial charge in [0.1, 0.15) is 0 Å². The predicted octanol–water partition coefficient (Wildman–Crippen LogP) is 4.48. The molecular formula is C18H18F3NO2. The standard InChI is InChI=1S/C18H18F3NO2/c1-12-5-2-3-8-15(12)16(10-18(19,20)21)22-11-13-6-4-7-14(9-13)17(23)24/h2-9,16,22H,10-11H2,1H3,(H,23,24). The highest BCUT2D eigenvalue weighted by Crippen LogP contribution is 2.31. The van der Waals surface area contributed by atoms with Gasteiger partial charge >= 0.3 is 12.1 Å². The van der Waals surface area contributed by atoms with Crippen molar-refractivity contribution < 1.29 is 23.1 Å². The number of rotatable bonds is 6. The van der Waals surface area contributed by atoms with Gasteiger partial charge in [0.2, 0.25) is 0 Å². The van der Waals surface area contributed by atoms with Crippen LogP contribution in [0.5, 0.6) is 0 Å². The molecule has 2 N–H and O–H groups in total. The summed E-state index contributed by atoms with van der Waals surface area (Å²) in [7, 11) is 0. The summed E-state index contributed by atoms with van der Waals surface area (Å²) < 4.78 is 38.7. The molecule has 24 heavy (non-hydrogen) atoms. The van der Waals surface area contributed by atoms with Crippen molar-refractivity contribution in [1.29, 1.82) is 0 Å². The summed E-state index contributed by atoms with van der Waals surface area (Å²) in [6.45, 7) is 1.92. The number of nitrogens with one attached hydrogen (secondary N) is 1. The van der Waals surface area contributed by atoms with Crippen LogP contribution in [0.1, 0.15) is 39.5 Å². The van der Waals surface area contributed by atoms with Crippen molar-refractivity contribution in [3.05, 3.63) is 70.8 Å². The van der Waals surface area contributed by atoms with E-state index in [1.54, 1.807) is 43.3 Å². The summed E-state index contributed by atoms with van der Waals surface area (Å²) >= 11 is 0. The lowest BCUT2D eigenvalue weighted by Gasteiger charge is -2.22. The van der Waals surface area contributed by atoms with Crippen LogP contribution in [0, 0.1) is 6.92 Å². The van der Waals surface area contributed by atoms with Crippen LogP contribution in [0.25, 0.3) is 0 Å². The van der Waals surface area contributed by atoms with E-state index in [1.807, 2.05) is 0 Å². The van der Waals surface area contributed by atoms with Gasteiger partial charge < -0.3 is 10.4 Å². The molecule has 0 spiro atoms. The Hall–Kier alpha value is -2.34. The van der Waals surface area contributed by atoms with E-state index in [0.717, 1.165) is 5.56 Å². The maximum Gasteiger partial charge on any atom is 0.390 e. The summed E-state index contributed by atoms with van der Waals surface area (Å²) in [5.74, 6) is -1.07. The number of hydrogen-bond acceptors (Lipinski definition) is 2. The maximum atomic E-state index is 12.9. The normalized spacial score (nSPS) is 12.8. The number of aromatic carboxylic acids is 1. The average molecular weight is 337 g/mol. The highest BCUT2D eigenvalue weighted by molar-refractivity contribution is 5.87. The summed E-state index contributed by atoms with van der Waals surface area (Å²) in [6.07, 6.45) is -5.29. The SMILES string of the molecule is Cc1ccccc1C(CC(F)(F)F)NCc1cccc(C(=O)O)c1. The van der Waals surface area contributed by atoms with Crippen molar-refractivity contribution >= 4 is 5.97 Å². The molecular weight excluding hydrogens is 319 g/mol. The topological polar surface area (TPSA) is 49.3 Å². The van der Waals surface area contributed by atoms with Crippen LogP contribution in [-0.4, -0.2) is 17.3 Å². The third kappa shape index (κ3) is 5.09. The third-order valence-electron chi connectivity index (χ3n) is 3.73. The fraction of sp³-hybridized carbons (Fsp3) is 0.278. The van der Waals surface area contributed by atoms with E-state index >= 15 is 0 Å². The van der Waals surface area contributed by atoms with Crippen LogP contribution in [-0.2, 0) is 6.54 Å². The van der Waals surface area contributed by atoms with Crippen molar-refractivity contribution in [2.24, 2.45) is 0 Å². The smallest absolute Gasteiger partial charge is 0.390 e. The maximum absolute atomic E-state index is 12.9. The zero-order chi connectivity index (χ0) is 17.7. The van der Waals surface area contributed by atoms with Gasteiger partial charge in [-0.2, -0.15) is 13.2 Å². The zero-order valence-corrected chi connectivity index (χ0v) is 13.1. The largest absolute Gasteiger partial charge is 0.478 e. The minimum atomic E-state index is -4.30. The number of halogens is 3. The molecule has 0 saturated carbocycles. The average Bonchev–Trinajstić information content (AvgIpc) is 2.51. The molecule has 3 nitrogen and oxygen atoms in total. The first-order chi connectivity index (χ1) is 11.3. The quantitative estimate of drug-likeness (QED) is 0.817. The summed E-state index contributed by atoms with van der Waals surface area (Å²) in [5, 5.41) is 11.9. The molecule has 1 unspecified atom stereocenters. The first-order valence-electron chi connectivity index (χ1n) is 7.44. The lowest BCUT2D eigenvalue weighted by molar-refractivity contribution is -0.140. The fourth-order valence-corrected chi connectivity index (χ4v) is 2.56. The molecule has 2 rings (SSSR count). The Bertz CT molecular complexity index is 713. The van der Waals surface area contributed by atoms with Crippen molar-refractivity contribution in [2.45, 2.75) is 32.1 Å². The van der Waals surface area contributed by atoms with E-state index in [9.17, 15) is 18.0 Å². The number of hydrogen-bond donors (Lipinski definition) is 2. The number of alkyl halides is 3. The third-order valence-corrected chi connectivity index (χ3v) is 3.73.